The van der Waals surface area contributed by atoms with Crippen molar-refractivity contribution in [2.45, 2.75) is 33.2 Å². The van der Waals surface area contributed by atoms with Crippen LogP contribution in [-0.2, 0) is 9.47 Å². The second-order valence-corrected chi connectivity index (χ2v) is 6.65. The van der Waals surface area contributed by atoms with Gasteiger partial charge in [0.1, 0.15) is 0 Å². The summed E-state index contributed by atoms with van der Waals surface area (Å²) in [7, 11) is 1.29. The standard InChI is InChI=1S/C19H29N3O5/c1-5-15-13-21(8-7-20(15)9-10-27-6-2)18-14(3)11-16(22(24)25)12-17(18)19(23)26-4/h11-12,15H,5-10,13H2,1-4H3. The Bertz CT molecular complexity index is 680. The molecule has 8 nitrogen and oxygen atoms in total. The molecule has 0 aliphatic carbocycles. The lowest BCUT2D eigenvalue weighted by Crippen LogP contribution is -2.54. The monoisotopic (exact) mass is 379 g/mol. The molecule has 27 heavy (non-hydrogen) atoms. The summed E-state index contributed by atoms with van der Waals surface area (Å²) in [5.41, 5.74) is 1.60. The van der Waals surface area contributed by atoms with Crippen molar-refractivity contribution >= 4 is 17.3 Å². The van der Waals surface area contributed by atoms with Crippen LogP contribution in [0.1, 0.15) is 36.2 Å². The van der Waals surface area contributed by atoms with E-state index in [9.17, 15) is 14.9 Å². The minimum atomic E-state index is -0.552. The summed E-state index contributed by atoms with van der Waals surface area (Å²) in [5, 5.41) is 11.2. The van der Waals surface area contributed by atoms with Crippen LogP contribution in [0.15, 0.2) is 12.1 Å². The molecule has 1 atom stereocenters. The Hall–Kier alpha value is -2.19. The van der Waals surface area contributed by atoms with Gasteiger partial charge in [0.25, 0.3) is 5.69 Å². The van der Waals surface area contributed by atoms with Gasteiger partial charge in [-0.2, -0.15) is 0 Å². The number of hydrogen-bond acceptors (Lipinski definition) is 7. The zero-order valence-electron chi connectivity index (χ0n) is 16.6. The van der Waals surface area contributed by atoms with Crippen molar-refractivity contribution in [1.29, 1.82) is 0 Å². The van der Waals surface area contributed by atoms with Gasteiger partial charge in [0, 0.05) is 51.0 Å². The minimum Gasteiger partial charge on any atom is -0.465 e. The number of nitrogens with zero attached hydrogens (tertiary/aromatic N) is 3. The second kappa shape index (κ2) is 9.66. The molecule has 1 aromatic carbocycles. The Morgan fingerprint density at radius 3 is 2.67 bits per heavy atom. The topological polar surface area (TPSA) is 85.1 Å². The van der Waals surface area contributed by atoms with Crippen LogP contribution in [0.5, 0.6) is 0 Å². The number of esters is 1. The van der Waals surface area contributed by atoms with E-state index in [1.54, 1.807) is 6.92 Å². The molecular formula is C19H29N3O5. The maximum Gasteiger partial charge on any atom is 0.340 e. The molecule has 1 aliphatic heterocycles. The first-order valence-corrected chi connectivity index (χ1v) is 9.36. The summed E-state index contributed by atoms with van der Waals surface area (Å²) in [6.45, 7) is 10.6. The average Bonchev–Trinajstić information content (AvgIpc) is 2.67. The summed E-state index contributed by atoms with van der Waals surface area (Å²) >= 11 is 0. The molecule has 0 aromatic heterocycles. The molecule has 2 rings (SSSR count). The maximum atomic E-state index is 12.3. The van der Waals surface area contributed by atoms with Crippen LogP contribution in [0.3, 0.4) is 0 Å². The molecular weight excluding hydrogens is 350 g/mol. The molecule has 1 aromatic rings. The van der Waals surface area contributed by atoms with E-state index in [4.69, 9.17) is 9.47 Å². The number of non-ortho nitro benzene ring substituents is 1. The van der Waals surface area contributed by atoms with Crippen LogP contribution < -0.4 is 4.90 Å². The summed E-state index contributed by atoms with van der Waals surface area (Å²) in [6, 6.07) is 3.17. The lowest BCUT2D eigenvalue weighted by Gasteiger charge is -2.43. The zero-order valence-corrected chi connectivity index (χ0v) is 16.6. The molecule has 8 heteroatoms. The third-order valence-corrected chi connectivity index (χ3v) is 5.02. The van der Waals surface area contributed by atoms with Gasteiger partial charge in [0.2, 0.25) is 0 Å². The zero-order chi connectivity index (χ0) is 20.0. The SMILES string of the molecule is CCOCCN1CCN(c2c(C)cc([N+](=O)[O-])cc2C(=O)OC)CC1CC. The van der Waals surface area contributed by atoms with Crippen molar-refractivity contribution in [2.75, 3.05) is 51.4 Å². The van der Waals surface area contributed by atoms with Crippen LogP contribution in [0.2, 0.25) is 0 Å². The van der Waals surface area contributed by atoms with E-state index in [2.05, 4.69) is 16.7 Å². The normalized spacial score (nSPS) is 17.8. The van der Waals surface area contributed by atoms with Crippen molar-refractivity contribution in [1.82, 2.24) is 4.90 Å². The smallest absolute Gasteiger partial charge is 0.340 e. The number of nitro benzene ring substituents is 1. The molecule has 1 fully saturated rings. The minimum absolute atomic E-state index is 0.0981. The van der Waals surface area contributed by atoms with E-state index in [0.717, 1.165) is 38.3 Å². The van der Waals surface area contributed by atoms with Gasteiger partial charge in [0.05, 0.1) is 29.9 Å². The first-order chi connectivity index (χ1) is 12.9. The molecule has 1 unspecified atom stereocenters. The number of carbonyl (C=O) groups is 1. The molecule has 0 amide bonds. The molecule has 1 saturated heterocycles. The van der Waals surface area contributed by atoms with Crippen LogP contribution in [-0.4, -0.2) is 68.3 Å². The molecule has 0 radical (unpaired) electrons. The number of nitro groups is 1. The van der Waals surface area contributed by atoms with E-state index in [0.29, 0.717) is 24.8 Å². The number of benzene rings is 1. The third-order valence-electron chi connectivity index (χ3n) is 5.02. The van der Waals surface area contributed by atoms with Crippen molar-refractivity contribution in [3.05, 3.63) is 33.4 Å². The van der Waals surface area contributed by atoms with Gasteiger partial charge in [-0.15, -0.1) is 0 Å². The predicted octanol–water partition coefficient (Wildman–Crippen LogP) is 2.63. The fourth-order valence-corrected chi connectivity index (χ4v) is 3.66. The number of piperazine rings is 1. The van der Waals surface area contributed by atoms with Crippen LogP contribution in [0.25, 0.3) is 0 Å². The molecule has 0 saturated carbocycles. The number of hydrogen-bond donors (Lipinski definition) is 0. The van der Waals surface area contributed by atoms with Gasteiger partial charge >= 0.3 is 5.97 Å². The highest BCUT2D eigenvalue weighted by atomic mass is 16.6. The number of aryl methyl sites for hydroxylation is 1. The highest BCUT2D eigenvalue weighted by Gasteiger charge is 2.30. The Morgan fingerprint density at radius 1 is 1.33 bits per heavy atom. The summed E-state index contributed by atoms with van der Waals surface area (Å²) < 4.78 is 10.4. The molecule has 0 spiro atoms. The van der Waals surface area contributed by atoms with E-state index in [-0.39, 0.29) is 11.3 Å². The van der Waals surface area contributed by atoms with Gasteiger partial charge in [-0.25, -0.2) is 4.79 Å². The van der Waals surface area contributed by atoms with Crippen LogP contribution in [0, 0.1) is 17.0 Å². The third kappa shape index (κ3) is 4.95. The van der Waals surface area contributed by atoms with Gasteiger partial charge in [-0.1, -0.05) is 6.92 Å². The molecule has 1 heterocycles. The number of carbonyl (C=O) groups excluding carboxylic acids is 1. The molecule has 0 bridgehead atoms. The first-order valence-electron chi connectivity index (χ1n) is 9.36. The number of anilines is 1. The van der Waals surface area contributed by atoms with Crippen molar-refractivity contribution < 1.29 is 19.2 Å². The Labute approximate surface area is 160 Å². The Morgan fingerprint density at radius 2 is 2.07 bits per heavy atom. The number of ether oxygens (including phenoxy) is 2. The van der Waals surface area contributed by atoms with E-state index < -0.39 is 10.9 Å². The largest absolute Gasteiger partial charge is 0.465 e. The fourth-order valence-electron chi connectivity index (χ4n) is 3.66. The van der Waals surface area contributed by atoms with Crippen LogP contribution in [0.4, 0.5) is 11.4 Å². The lowest BCUT2D eigenvalue weighted by molar-refractivity contribution is -0.384. The Balaban J connectivity index is 2.29. The first kappa shape index (κ1) is 21.1. The van der Waals surface area contributed by atoms with Gasteiger partial charge < -0.3 is 14.4 Å². The van der Waals surface area contributed by atoms with E-state index in [1.165, 1.54) is 19.2 Å². The van der Waals surface area contributed by atoms with Crippen molar-refractivity contribution in [3.8, 4) is 0 Å². The number of methoxy groups -OCH3 is 1. The van der Waals surface area contributed by atoms with E-state index >= 15 is 0 Å². The predicted molar refractivity (Wildman–Crippen MR) is 104 cm³/mol. The maximum absolute atomic E-state index is 12.3. The van der Waals surface area contributed by atoms with E-state index in [1.807, 2.05) is 6.92 Å². The lowest BCUT2D eigenvalue weighted by atomic mass is 10.0. The quantitative estimate of drug-likeness (QED) is 0.297. The van der Waals surface area contributed by atoms with Crippen molar-refractivity contribution in [2.24, 2.45) is 0 Å². The highest BCUT2D eigenvalue weighted by molar-refractivity contribution is 5.97. The van der Waals surface area contributed by atoms with Crippen LogP contribution >= 0.6 is 0 Å². The number of rotatable bonds is 8. The van der Waals surface area contributed by atoms with Crippen molar-refractivity contribution in [3.63, 3.8) is 0 Å². The summed E-state index contributed by atoms with van der Waals surface area (Å²) in [4.78, 5) is 27.6. The Kier molecular flexibility index (Phi) is 7.55. The molecule has 150 valence electrons. The average molecular weight is 379 g/mol. The summed E-state index contributed by atoms with van der Waals surface area (Å²) in [6.07, 6.45) is 0.974. The second-order valence-electron chi connectivity index (χ2n) is 6.65. The highest BCUT2D eigenvalue weighted by Crippen LogP contribution is 2.32. The van der Waals surface area contributed by atoms with Gasteiger partial charge in [0.15, 0.2) is 0 Å². The van der Waals surface area contributed by atoms with Gasteiger partial charge in [-0.3, -0.25) is 15.0 Å². The molecule has 0 N–H and O–H groups in total. The fraction of sp³-hybridized carbons (Fsp3) is 0.632. The molecule has 1 aliphatic rings. The summed E-state index contributed by atoms with van der Waals surface area (Å²) in [5.74, 6) is -0.552. The van der Waals surface area contributed by atoms with Gasteiger partial charge in [-0.05, 0) is 25.8 Å².